The Balaban J connectivity index is 1.53. The lowest BCUT2D eigenvalue weighted by Crippen LogP contribution is -2.44. The number of rotatable bonds is 5. The van der Waals surface area contributed by atoms with Crippen molar-refractivity contribution < 1.29 is 18.0 Å². The second-order valence-electron chi connectivity index (χ2n) is 6.82. The van der Waals surface area contributed by atoms with E-state index in [-0.39, 0.29) is 22.9 Å². The Labute approximate surface area is 164 Å². The lowest BCUT2D eigenvalue weighted by molar-refractivity contribution is -0.137. The number of amides is 1. The van der Waals surface area contributed by atoms with Crippen LogP contribution in [0.1, 0.15) is 25.3 Å². The molecule has 0 spiro atoms. The molecule has 1 N–H and O–H groups in total. The average Bonchev–Trinajstić information content (AvgIpc) is 3.13. The molecule has 0 radical (unpaired) electrons. The third kappa shape index (κ3) is 4.92. The molecular weight excluding hydrogens is 397 g/mol. The van der Waals surface area contributed by atoms with E-state index in [1.165, 1.54) is 6.33 Å². The Morgan fingerprint density at radius 2 is 2.11 bits per heavy atom. The van der Waals surface area contributed by atoms with E-state index < -0.39 is 11.7 Å². The number of carbonyl (C=O) groups is 1. The minimum atomic E-state index is -4.48. The Morgan fingerprint density at radius 1 is 1.39 bits per heavy atom. The number of aromatic nitrogens is 4. The molecule has 2 aromatic heterocycles. The van der Waals surface area contributed by atoms with Crippen LogP contribution in [0, 0.1) is 5.92 Å². The summed E-state index contributed by atoms with van der Waals surface area (Å²) in [4.78, 5) is 22.0. The molecule has 1 fully saturated rings. The first-order chi connectivity index (χ1) is 13.2. The zero-order chi connectivity index (χ0) is 20.3. The summed E-state index contributed by atoms with van der Waals surface area (Å²) in [5, 5.41) is 6.93. The Kier molecular flexibility index (Phi) is 6.07. The molecule has 152 valence electrons. The van der Waals surface area contributed by atoms with Gasteiger partial charge in [-0.15, -0.1) is 0 Å². The molecular formula is C17H20ClF3N6O. The fraction of sp³-hybridized carbons (Fsp3) is 0.529. The molecule has 0 aromatic carbocycles. The number of alkyl halides is 3. The van der Waals surface area contributed by atoms with Crippen molar-refractivity contribution >= 4 is 23.3 Å². The highest BCUT2D eigenvalue weighted by molar-refractivity contribution is 6.33. The van der Waals surface area contributed by atoms with Crippen LogP contribution in [0.15, 0.2) is 24.9 Å². The van der Waals surface area contributed by atoms with Crippen LogP contribution in [-0.4, -0.2) is 44.8 Å². The van der Waals surface area contributed by atoms with E-state index in [2.05, 4.69) is 20.4 Å². The van der Waals surface area contributed by atoms with E-state index in [1.54, 1.807) is 11.0 Å². The van der Waals surface area contributed by atoms with Crippen LogP contribution in [0.2, 0.25) is 5.02 Å². The Hall–Kier alpha value is -2.36. The van der Waals surface area contributed by atoms with Gasteiger partial charge in [0.15, 0.2) is 0 Å². The fourth-order valence-corrected chi connectivity index (χ4v) is 3.47. The number of pyridine rings is 1. The smallest absolute Gasteiger partial charge is 0.355 e. The molecule has 1 atom stereocenters. The van der Waals surface area contributed by atoms with Gasteiger partial charge in [0.25, 0.3) is 0 Å². The maximum Gasteiger partial charge on any atom is 0.417 e. The first kappa shape index (κ1) is 20.4. The summed E-state index contributed by atoms with van der Waals surface area (Å²) in [7, 11) is 0. The van der Waals surface area contributed by atoms with Gasteiger partial charge in [-0.05, 0) is 25.8 Å². The minimum Gasteiger partial charge on any atom is -0.355 e. The molecule has 0 bridgehead atoms. The standard InChI is InChI=1S/C17H20ClF3N6O/c1-11(8-27-10-22-9-24-27)25-16(28)12-2-4-26(5-3-12)15-14(18)6-13(7-23-15)17(19,20)21/h6-7,9-12H,2-5,8H2,1H3,(H,25,28). The molecule has 3 rings (SSSR count). The molecule has 11 heteroatoms. The molecule has 1 unspecified atom stereocenters. The van der Waals surface area contributed by atoms with Crippen LogP contribution in [-0.2, 0) is 17.5 Å². The molecule has 1 aliphatic rings. The van der Waals surface area contributed by atoms with Crippen molar-refractivity contribution in [3.8, 4) is 0 Å². The van der Waals surface area contributed by atoms with Crippen molar-refractivity contribution in [3.63, 3.8) is 0 Å². The summed E-state index contributed by atoms with van der Waals surface area (Å²) in [6.07, 6.45) is 0.462. The van der Waals surface area contributed by atoms with Gasteiger partial charge in [0.1, 0.15) is 18.5 Å². The summed E-state index contributed by atoms with van der Waals surface area (Å²) in [6, 6.07) is 0.785. The van der Waals surface area contributed by atoms with Crippen LogP contribution >= 0.6 is 11.6 Å². The van der Waals surface area contributed by atoms with E-state index in [0.717, 1.165) is 12.3 Å². The van der Waals surface area contributed by atoms with E-state index >= 15 is 0 Å². The molecule has 7 nitrogen and oxygen atoms in total. The lowest BCUT2D eigenvalue weighted by atomic mass is 9.95. The van der Waals surface area contributed by atoms with Gasteiger partial charge < -0.3 is 10.2 Å². The number of nitrogens with zero attached hydrogens (tertiary/aromatic N) is 5. The summed E-state index contributed by atoms with van der Waals surface area (Å²) in [5.74, 6) is 0.106. The second-order valence-corrected chi connectivity index (χ2v) is 7.22. The van der Waals surface area contributed by atoms with E-state index in [9.17, 15) is 18.0 Å². The monoisotopic (exact) mass is 416 g/mol. The number of nitrogens with one attached hydrogen (secondary N) is 1. The van der Waals surface area contributed by atoms with E-state index in [4.69, 9.17) is 11.6 Å². The molecule has 2 aromatic rings. The van der Waals surface area contributed by atoms with Gasteiger partial charge in [-0.3, -0.25) is 9.48 Å². The van der Waals surface area contributed by atoms with Crippen molar-refractivity contribution in [1.82, 2.24) is 25.1 Å². The highest BCUT2D eigenvalue weighted by atomic mass is 35.5. The Bertz CT molecular complexity index is 806. The van der Waals surface area contributed by atoms with Crippen molar-refractivity contribution in [2.24, 2.45) is 5.92 Å². The number of halogens is 4. The average molecular weight is 417 g/mol. The summed E-state index contributed by atoms with van der Waals surface area (Å²) in [5.41, 5.74) is -0.878. The molecule has 1 saturated heterocycles. The van der Waals surface area contributed by atoms with Gasteiger partial charge in [-0.25, -0.2) is 9.97 Å². The van der Waals surface area contributed by atoms with Gasteiger partial charge in [0.05, 0.1) is 17.1 Å². The summed E-state index contributed by atoms with van der Waals surface area (Å²) in [6.45, 7) is 3.40. The normalized spacial score (nSPS) is 16.8. The van der Waals surface area contributed by atoms with Crippen LogP contribution in [0.5, 0.6) is 0 Å². The largest absolute Gasteiger partial charge is 0.417 e. The predicted molar refractivity (Wildman–Crippen MR) is 96.8 cm³/mol. The maximum atomic E-state index is 12.7. The highest BCUT2D eigenvalue weighted by Gasteiger charge is 2.33. The zero-order valence-corrected chi connectivity index (χ0v) is 15.9. The van der Waals surface area contributed by atoms with Crippen molar-refractivity contribution in [1.29, 1.82) is 0 Å². The molecule has 0 aliphatic carbocycles. The first-order valence-corrected chi connectivity index (χ1v) is 9.22. The number of piperidine rings is 1. The lowest BCUT2D eigenvalue weighted by Gasteiger charge is -2.33. The minimum absolute atomic E-state index is 0.0424. The van der Waals surface area contributed by atoms with Crippen LogP contribution in [0.4, 0.5) is 19.0 Å². The number of hydrogen-bond acceptors (Lipinski definition) is 5. The SMILES string of the molecule is CC(Cn1cncn1)NC(=O)C1CCN(c2ncc(C(F)(F)F)cc2Cl)CC1. The van der Waals surface area contributed by atoms with Gasteiger partial charge in [0, 0.05) is 31.2 Å². The molecule has 1 aliphatic heterocycles. The molecule has 28 heavy (non-hydrogen) atoms. The topological polar surface area (TPSA) is 75.9 Å². The molecule has 3 heterocycles. The molecule has 0 saturated carbocycles. The highest BCUT2D eigenvalue weighted by Crippen LogP contribution is 2.34. The van der Waals surface area contributed by atoms with Crippen molar-refractivity contribution in [2.75, 3.05) is 18.0 Å². The number of anilines is 1. The van der Waals surface area contributed by atoms with Crippen LogP contribution < -0.4 is 10.2 Å². The summed E-state index contributed by atoms with van der Waals surface area (Å²) >= 11 is 6.01. The van der Waals surface area contributed by atoms with Gasteiger partial charge in [-0.1, -0.05) is 11.6 Å². The predicted octanol–water partition coefficient (Wildman–Crippen LogP) is 2.77. The maximum absolute atomic E-state index is 12.7. The molecule has 1 amide bonds. The van der Waals surface area contributed by atoms with Crippen molar-refractivity contribution in [3.05, 3.63) is 35.5 Å². The Morgan fingerprint density at radius 3 is 2.68 bits per heavy atom. The van der Waals surface area contributed by atoms with Gasteiger partial charge >= 0.3 is 6.18 Å². The van der Waals surface area contributed by atoms with Gasteiger partial charge in [-0.2, -0.15) is 18.3 Å². The second kappa shape index (κ2) is 8.34. The van der Waals surface area contributed by atoms with E-state index in [1.807, 2.05) is 11.8 Å². The quantitative estimate of drug-likeness (QED) is 0.811. The third-order valence-electron chi connectivity index (χ3n) is 4.63. The van der Waals surface area contributed by atoms with E-state index in [0.29, 0.717) is 38.3 Å². The number of carbonyl (C=O) groups excluding carboxylic acids is 1. The van der Waals surface area contributed by atoms with Crippen LogP contribution in [0.25, 0.3) is 0 Å². The fourth-order valence-electron chi connectivity index (χ4n) is 3.19. The first-order valence-electron chi connectivity index (χ1n) is 8.84. The zero-order valence-electron chi connectivity index (χ0n) is 15.2. The van der Waals surface area contributed by atoms with Crippen molar-refractivity contribution in [2.45, 2.75) is 38.5 Å². The summed E-state index contributed by atoms with van der Waals surface area (Å²) < 4.78 is 39.9. The van der Waals surface area contributed by atoms with Gasteiger partial charge in [0.2, 0.25) is 5.91 Å². The van der Waals surface area contributed by atoms with Crippen LogP contribution in [0.3, 0.4) is 0 Å². The third-order valence-corrected chi connectivity index (χ3v) is 4.91. The number of hydrogen-bond donors (Lipinski definition) is 1.